The van der Waals surface area contributed by atoms with Crippen molar-refractivity contribution in [2.75, 3.05) is 6.61 Å². The van der Waals surface area contributed by atoms with Crippen LogP contribution in [0.3, 0.4) is 0 Å². The van der Waals surface area contributed by atoms with Crippen molar-refractivity contribution in [3.05, 3.63) is 47.7 Å². The average Bonchev–Trinajstić information content (AvgIpc) is 2.92. The van der Waals surface area contributed by atoms with Crippen LogP contribution in [0, 0.1) is 0 Å². The van der Waals surface area contributed by atoms with Gasteiger partial charge in [-0.05, 0) is 30.3 Å². The normalized spacial score (nSPS) is 12.0. The van der Waals surface area contributed by atoms with Gasteiger partial charge in [0, 0.05) is 32.5 Å². The summed E-state index contributed by atoms with van der Waals surface area (Å²) in [6.45, 7) is 8.26. The molecule has 3 heterocycles. The molecule has 0 aliphatic rings. The summed E-state index contributed by atoms with van der Waals surface area (Å²) in [5.74, 6) is 0. The van der Waals surface area contributed by atoms with E-state index in [1.807, 2.05) is 34.9 Å². The number of nitrogens with zero attached hydrogens (tertiary/aromatic N) is 3. The van der Waals surface area contributed by atoms with E-state index in [0.29, 0.717) is 11.8 Å². The van der Waals surface area contributed by atoms with Crippen molar-refractivity contribution < 1.29 is 4.74 Å². The van der Waals surface area contributed by atoms with E-state index in [2.05, 4.69) is 29.6 Å². The molecular formula is C18H22ClN3OSi. The van der Waals surface area contributed by atoms with Crippen LogP contribution in [-0.4, -0.2) is 29.2 Å². The number of halogens is 1. The molecule has 0 atom stereocenters. The first-order chi connectivity index (χ1) is 11.5. The standard InChI is InChI=1S/C18H22ClN3OSi/c1-24(2,3)11-10-23-13-22-17(16-6-4-5-8-20-16)12-14-15(19)7-9-21-18(14)22/h4-9,12H,10-11,13H2,1-3H3. The van der Waals surface area contributed by atoms with Gasteiger partial charge in [0.15, 0.2) is 0 Å². The van der Waals surface area contributed by atoms with Gasteiger partial charge in [-0.3, -0.25) is 9.55 Å². The zero-order valence-electron chi connectivity index (χ0n) is 14.3. The predicted molar refractivity (Wildman–Crippen MR) is 102 cm³/mol. The molecule has 0 aromatic carbocycles. The van der Waals surface area contributed by atoms with Gasteiger partial charge in [-0.2, -0.15) is 0 Å². The number of rotatable bonds is 6. The van der Waals surface area contributed by atoms with Crippen LogP contribution in [0.25, 0.3) is 22.4 Å². The predicted octanol–water partition coefficient (Wildman–Crippen LogP) is 5.06. The Hall–Kier alpha value is -1.69. The fourth-order valence-electron chi connectivity index (χ4n) is 2.51. The summed E-state index contributed by atoms with van der Waals surface area (Å²) in [6.07, 6.45) is 3.52. The van der Waals surface area contributed by atoms with Crippen molar-refractivity contribution in [1.82, 2.24) is 14.5 Å². The molecule has 0 saturated carbocycles. The highest BCUT2D eigenvalue weighted by Gasteiger charge is 2.16. The Morgan fingerprint density at radius 2 is 1.96 bits per heavy atom. The minimum Gasteiger partial charge on any atom is -0.361 e. The third-order valence-electron chi connectivity index (χ3n) is 3.89. The molecule has 0 unspecified atom stereocenters. The maximum Gasteiger partial charge on any atom is 0.143 e. The summed E-state index contributed by atoms with van der Waals surface area (Å²) in [6, 6.07) is 10.9. The van der Waals surface area contributed by atoms with Gasteiger partial charge in [0.05, 0.1) is 16.4 Å². The SMILES string of the molecule is C[Si](C)(C)CCOCn1c(-c2ccccn2)cc2c(Cl)ccnc21. The second-order valence-corrected chi connectivity index (χ2v) is 13.1. The summed E-state index contributed by atoms with van der Waals surface area (Å²) in [5.41, 5.74) is 2.69. The largest absolute Gasteiger partial charge is 0.361 e. The quantitative estimate of drug-likeness (QED) is 0.456. The molecule has 4 nitrogen and oxygen atoms in total. The lowest BCUT2D eigenvalue weighted by molar-refractivity contribution is 0.0909. The summed E-state index contributed by atoms with van der Waals surface area (Å²) in [4.78, 5) is 8.96. The lowest BCUT2D eigenvalue weighted by Gasteiger charge is -2.16. The van der Waals surface area contributed by atoms with Crippen LogP contribution < -0.4 is 0 Å². The molecule has 0 spiro atoms. The second-order valence-electron chi connectivity index (χ2n) is 7.05. The van der Waals surface area contributed by atoms with Gasteiger partial charge in [-0.15, -0.1) is 0 Å². The molecule has 0 aliphatic carbocycles. The minimum absolute atomic E-state index is 0.452. The Kier molecular flexibility index (Phi) is 5.03. The van der Waals surface area contributed by atoms with Crippen LogP contribution in [0.4, 0.5) is 0 Å². The first-order valence-corrected chi connectivity index (χ1v) is 12.2. The number of hydrogen-bond donors (Lipinski definition) is 0. The van der Waals surface area contributed by atoms with Gasteiger partial charge in [-0.25, -0.2) is 4.98 Å². The monoisotopic (exact) mass is 359 g/mol. The van der Waals surface area contributed by atoms with E-state index in [1.54, 1.807) is 12.4 Å². The van der Waals surface area contributed by atoms with E-state index in [-0.39, 0.29) is 0 Å². The van der Waals surface area contributed by atoms with Crippen LogP contribution in [0.1, 0.15) is 0 Å². The number of aromatic nitrogens is 3. The fourth-order valence-corrected chi connectivity index (χ4v) is 3.46. The van der Waals surface area contributed by atoms with Crippen LogP contribution in [0.15, 0.2) is 42.7 Å². The van der Waals surface area contributed by atoms with Crippen molar-refractivity contribution in [3.8, 4) is 11.4 Å². The maximum atomic E-state index is 6.34. The molecule has 3 rings (SSSR count). The highest BCUT2D eigenvalue weighted by molar-refractivity contribution is 6.76. The fraction of sp³-hybridized carbons (Fsp3) is 0.333. The van der Waals surface area contributed by atoms with Crippen molar-refractivity contribution in [2.24, 2.45) is 0 Å². The van der Waals surface area contributed by atoms with Gasteiger partial charge in [0.2, 0.25) is 0 Å². The van der Waals surface area contributed by atoms with Crippen molar-refractivity contribution in [1.29, 1.82) is 0 Å². The molecule has 0 fully saturated rings. The van der Waals surface area contributed by atoms with E-state index < -0.39 is 8.07 Å². The van der Waals surface area contributed by atoms with Gasteiger partial charge in [0.1, 0.15) is 12.4 Å². The van der Waals surface area contributed by atoms with Gasteiger partial charge in [0.25, 0.3) is 0 Å². The number of fused-ring (bicyclic) bond motifs is 1. The van der Waals surface area contributed by atoms with Gasteiger partial charge >= 0.3 is 0 Å². The first kappa shape index (κ1) is 17.1. The molecule has 0 amide bonds. The third kappa shape index (κ3) is 3.86. The van der Waals surface area contributed by atoms with E-state index in [4.69, 9.17) is 16.3 Å². The lowest BCUT2D eigenvalue weighted by Crippen LogP contribution is -2.22. The summed E-state index contributed by atoms with van der Waals surface area (Å²) in [5, 5.41) is 1.62. The van der Waals surface area contributed by atoms with E-state index in [0.717, 1.165) is 35.1 Å². The lowest BCUT2D eigenvalue weighted by atomic mass is 10.2. The Morgan fingerprint density at radius 1 is 1.12 bits per heavy atom. The highest BCUT2D eigenvalue weighted by Crippen LogP contribution is 2.30. The Balaban J connectivity index is 1.93. The molecule has 126 valence electrons. The molecule has 0 saturated heterocycles. The summed E-state index contributed by atoms with van der Waals surface area (Å²) >= 11 is 6.34. The highest BCUT2D eigenvalue weighted by atomic mass is 35.5. The molecule has 0 radical (unpaired) electrons. The minimum atomic E-state index is -1.10. The van der Waals surface area contributed by atoms with Gasteiger partial charge in [-0.1, -0.05) is 37.3 Å². The molecule has 0 bridgehead atoms. The number of ether oxygens (including phenoxy) is 1. The summed E-state index contributed by atoms with van der Waals surface area (Å²) in [7, 11) is -1.10. The Morgan fingerprint density at radius 3 is 2.67 bits per heavy atom. The van der Waals surface area contributed by atoms with Crippen LogP contribution >= 0.6 is 11.6 Å². The van der Waals surface area contributed by atoms with Crippen LogP contribution in [-0.2, 0) is 11.5 Å². The maximum absolute atomic E-state index is 6.34. The zero-order valence-corrected chi connectivity index (χ0v) is 16.0. The van der Waals surface area contributed by atoms with Gasteiger partial charge < -0.3 is 4.74 Å². The average molecular weight is 360 g/mol. The van der Waals surface area contributed by atoms with E-state index >= 15 is 0 Å². The van der Waals surface area contributed by atoms with E-state index in [1.165, 1.54) is 0 Å². The molecule has 3 aromatic rings. The zero-order chi connectivity index (χ0) is 17.2. The molecule has 0 aliphatic heterocycles. The van der Waals surface area contributed by atoms with Crippen LogP contribution in [0.2, 0.25) is 30.7 Å². The molecule has 3 aromatic heterocycles. The number of pyridine rings is 2. The second kappa shape index (κ2) is 7.05. The van der Waals surface area contributed by atoms with Crippen LogP contribution in [0.5, 0.6) is 0 Å². The Bertz CT molecular complexity index is 827. The molecule has 24 heavy (non-hydrogen) atoms. The Labute approximate surface area is 148 Å². The first-order valence-electron chi connectivity index (χ1n) is 8.08. The van der Waals surface area contributed by atoms with Crippen molar-refractivity contribution in [3.63, 3.8) is 0 Å². The smallest absolute Gasteiger partial charge is 0.143 e. The molecular weight excluding hydrogens is 338 g/mol. The van der Waals surface area contributed by atoms with E-state index in [9.17, 15) is 0 Å². The summed E-state index contributed by atoms with van der Waals surface area (Å²) < 4.78 is 8.00. The molecule has 0 N–H and O–H groups in total. The molecule has 6 heteroatoms. The van der Waals surface area contributed by atoms with Crippen molar-refractivity contribution >= 4 is 30.7 Å². The topological polar surface area (TPSA) is 39.9 Å². The third-order valence-corrected chi connectivity index (χ3v) is 5.92. The number of hydrogen-bond acceptors (Lipinski definition) is 3. The van der Waals surface area contributed by atoms with Crippen molar-refractivity contribution in [2.45, 2.75) is 32.4 Å².